The molecule has 4 heteroatoms. The first-order chi connectivity index (χ1) is 9.15. The maximum absolute atomic E-state index is 14.4. The molecule has 2 nitrogen and oxygen atoms in total. The molecular weight excluding hydrogens is 254 g/mol. The van der Waals surface area contributed by atoms with Crippen molar-refractivity contribution in [1.82, 2.24) is 0 Å². The first-order valence-electron chi connectivity index (χ1n) is 7.30. The fourth-order valence-corrected chi connectivity index (χ4v) is 2.54. The van der Waals surface area contributed by atoms with Gasteiger partial charge in [0, 0.05) is 5.46 Å². The van der Waals surface area contributed by atoms with E-state index in [4.69, 9.17) is 9.31 Å². The molecule has 0 radical (unpaired) electrons. The lowest BCUT2D eigenvalue weighted by Gasteiger charge is -2.32. The van der Waals surface area contributed by atoms with E-state index in [0.29, 0.717) is 5.46 Å². The third-order valence-electron chi connectivity index (χ3n) is 5.20. The zero-order chi connectivity index (χ0) is 14.8. The van der Waals surface area contributed by atoms with Crippen LogP contribution in [0.2, 0.25) is 0 Å². The Morgan fingerprint density at radius 1 is 1.00 bits per heavy atom. The third kappa shape index (κ3) is 2.10. The highest BCUT2D eigenvalue weighted by Crippen LogP contribution is 2.47. The molecule has 2 fully saturated rings. The van der Waals surface area contributed by atoms with Crippen LogP contribution in [0.4, 0.5) is 4.39 Å². The van der Waals surface area contributed by atoms with Crippen molar-refractivity contribution in [3.05, 3.63) is 29.6 Å². The van der Waals surface area contributed by atoms with Gasteiger partial charge < -0.3 is 9.31 Å². The van der Waals surface area contributed by atoms with Crippen LogP contribution >= 0.6 is 0 Å². The summed E-state index contributed by atoms with van der Waals surface area (Å²) in [7, 11) is -0.624. The number of hydrogen-bond acceptors (Lipinski definition) is 2. The molecule has 0 spiro atoms. The van der Waals surface area contributed by atoms with Crippen LogP contribution in [-0.4, -0.2) is 18.3 Å². The number of hydrogen-bond donors (Lipinski definition) is 0. The van der Waals surface area contributed by atoms with Gasteiger partial charge in [-0.2, -0.15) is 0 Å². The van der Waals surface area contributed by atoms with Gasteiger partial charge >= 0.3 is 7.12 Å². The highest BCUT2D eigenvalue weighted by atomic mass is 19.1. The van der Waals surface area contributed by atoms with E-state index in [1.54, 1.807) is 6.07 Å². The van der Waals surface area contributed by atoms with Crippen molar-refractivity contribution in [2.75, 3.05) is 0 Å². The molecule has 1 aliphatic carbocycles. The Morgan fingerprint density at radius 2 is 1.55 bits per heavy atom. The maximum Gasteiger partial charge on any atom is 0.497 e. The second kappa shape index (κ2) is 4.08. The first kappa shape index (κ1) is 14.1. The Labute approximate surface area is 120 Å². The molecule has 1 heterocycles. The molecule has 0 bridgehead atoms. The van der Waals surface area contributed by atoms with Crippen LogP contribution in [0.25, 0.3) is 0 Å². The molecule has 0 amide bonds. The van der Waals surface area contributed by atoms with Crippen molar-refractivity contribution in [2.24, 2.45) is 0 Å². The van der Waals surface area contributed by atoms with Gasteiger partial charge in [-0.15, -0.1) is 0 Å². The van der Waals surface area contributed by atoms with Crippen LogP contribution in [0.5, 0.6) is 0 Å². The summed E-state index contributed by atoms with van der Waals surface area (Å²) in [4.78, 5) is 0. The topological polar surface area (TPSA) is 18.5 Å². The third-order valence-corrected chi connectivity index (χ3v) is 5.20. The van der Waals surface area contributed by atoms with E-state index in [2.05, 4.69) is 6.92 Å². The van der Waals surface area contributed by atoms with Crippen molar-refractivity contribution in [1.29, 1.82) is 0 Å². The van der Waals surface area contributed by atoms with Crippen LogP contribution in [0.15, 0.2) is 18.2 Å². The van der Waals surface area contributed by atoms with Gasteiger partial charge in [-0.25, -0.2) is 4.39 Å². The van der Waals surface area contributed by atoms with E-state index in [-0.39, 0.29) is 11.2 Å². The second-order valence-corrected chi connectivity index (χ2v) is 7.39. The molecule has 2 aliphatic rings. The molecule has 1 aromatic rings. The average molecular weight is 276 g/mol. The Hall–Kier alpha value is -0.865. The summed E-state index contributed by atoms with van der Waals surface area (Å²) in [5.41, 5.74) is 0.873. The standard InChI is InChI=1S/C16H22BFO2/c1-14(2)15(3,4)20-17(19-14)12-7-6-11(10-13(12)18)16(5)8-9-16/h6-7,10H,8-9H2,1-5H3. The fourth-order valence-electron chi connectivity index (χ4n) is 2.54. The zero-order valence-corrected chi connectivity index (χ0v) is 12.9. The molecule has 3 rings (SSSR count). The normalized spacial score (nSPS) is 25.8. The molecule has 20 heavy (non-hydrogen) atoms. The summed E-state index contributed by atoms with van der Waals surface area (Å²) in [5, 5.41) is 0. The zero-order valence-electron chi connectivity index (χ0n) is 12.9. The lowest BCUT2D eigenvalue weighted by Crippen LogP contribution is -2.41. The van der Waals surface area contributed by atoms with E-state index >= 15 is 0 Å². The van der Waals surface area contributed by atoms with Crippen molar-refractivity contribution >= 4 is 12.6 Å². The number of rotatable bonds is 2. The largest absolute Gasteiger partial charge is 0.497 e. The lowest BCUT2D eigenvalue weighted by atomic mass is 9.77. The van der Waals surface area contributed by atoms with E-state index in [9.17, 15) is 4.39 Å². The molecule has 0 unspecified atom stereocenters. The molecule has 0 aromatic heterocycles. The lowest BCUT2D eigenvalue weighted by molar-refractivity contribution is 0.00578. The van der Waals surface area contributed by atoms with Crippen molar-refractivity contribution in [2.45, 2.75) is 64.1 Å². The van der Waals surface area contributed by atoms with Gasteiger partial charge in [-0.3, -0.25) is 0 Å². The summed E-state index contributed by atoms with van der Waals surface area (Å²) in [6.45, 7) is 10.1. The highest BCUT2D eigenvalue weighted by Gasteiger charge is 2.52. The summed E-state index contributed by atoms with van der Waals surface area (Å²) in [6.07, 6.45) is 2.28. The van der Waals surface area contributed by atoms with Gasteiger partial charge in [-0.1, -0.05) is 19.1 Å². The number of halogens is 1. The molecule has 108 valence electrons. The van der Waals surface area contributed by atoms with Crippen LogP contribution in [-0.2, 0) is 14.7 Å². The molecule has 1 saturated heterocycles. The monoisotopic (exact) mass is 276 g/mol. The smallest absolute Gasteiger partial charge is 0.399 e. The summed E-state index contributed by atoms with van der Waals surface area (Å²) in [5.74, 6) is -0.228. The summed E-state index contributed by atoms with van der Waals surface area (Å²) in [6, 6.07) is 5.47. The van der Waals surface area contributed by atoms with Crippen LogP contribution in [0.1, 0.15) is 53.0 Å². The van der Waals surface area contributed by atoms with E-state index < -0.39 is 18.3 Å². The number of benzene rings is 1. The Balaban J connectivity index is 1.89. The molecule has 1 aromatic carbocycles. The fraction of sp³-hybridized carbons (Fsp3) is 0.625. The van der Waals surface area contributed by atoms with E-state index in [0.717, 1.165) is 18.4 Å². The minimum atomic E-state index is -0.624. The van der Waals surface area contributed by atoms with Gasteiger partial charge in [-0.05, 0) is 57.6 Å². The predicted molar refractivity (Wildman–Crippen MR) is 78.7 cm³/mol. The van der Waals surface area contributed by atoms with Crippen molar-refractivity contribution < 1.29 is 13.7 Å². The van der Waals surface area contributed by atoms with Crippen LogP contribution < -0.4 is 5.46 Å². The van der Waals surface area contributed by atoms with Crippen molar-refractivity contribution in [3.63, 3.8) is 0 Å². The first-order valence-corrected chi connectivity index (χ1v) is 7.30. The minimum absolute atomic E-state index is 0.176. The molecule has 1 saturated carbocycles. The summed E-state index contributed by atoms with van der Waals surface area (Å²) < 4.78 is 26.2. The Kier molecular flexibility index (Phi) is 2.87. The van der Waals surface area contributed by atoms with Gasteiger partial charge in [0.2, 0.25) is 0 Å². The Bertz CT molecular complexity index is 533. The predicted octanol–water partition coefficient (Wildman–Crippen LogP) is 3.18. The van der Waals surface area contributed by atoms with E-state index in [1.807, 2.05) is 39.8 Å². The minimum Gasteiger partial charge on any atom is -0.399 e. The van der Waals surface area contributed by atoms with Crippen LogP contribution in [0.3, 0.4) is 0 Å². The highest BCUT2D eigenvalue weighted by molar-refractivity contribution is 6.62. The van der Waals surface area contributed by atoms with E-state index in [1.165, 1.54) is 0 Å². The summed E-state index contributed by atoms with van der Waals surface area (Å²) >= 11 is 0. The molecule has 0 atom stereocenters. The van der Waals surface area contributed by atoms with Gasteiger partial charge in [0.25, 0.3) is 0 Å². The molecular formula is C16H22BFO2. The average Bonchev–Trinajstić information content (AvgIpc) is 3.01. The van der Waals surface area contributed by atoms with Crippen molar-refractivity contribution in [3.8, 4) is 0 Å². The van der Waals surface area contributed by atoms with Gasteiger partial charge in [0.15, 0.2) is 0 Å². The van der Waals surface area contributed by atoms with Gasteiger partial charge in [0.05, 0.1) is 11.2 Å². The molecule has 0 N–H and O–H groups in total. The quantitative estimate of drug-likeness (QED) is 0.772. The van der Waals surface area contributed by atoms with Crippen LogP contribution in [0, 0.1) is 5.82 Å². The maximum atomic E-state index is 14.4. The Morgan fingerprint density at radius 3 is 2.00 bits per heavy atom. The molecule has 1 aliphatic heterocycles. The van der Waals surface area contributed by atoms with Gasteiger partial charge in [0.1, 0.15) is 5.82 Å². The SMILES string of the molecule is CC1(c2ccc(B3OC(C)(C)C(C)(C)O3)c(F)c2)CC1. The second-order valence-electron chi connectivity index (χ2n) is 7.39.